The van der Waals surface area contributed by atoms with Gasteiger partial charge in [-0.1, -0.05) is 48.5 Å². The lowest BCUT2D eigenvalue weighted by Gasteiger charge is -2.23. The van der Waals surface area contributed by atoms with Gasteiger partial charge < -0.3 is 19.8 Å². The molecule has 2 aromatic carbocycles. The van der Waals surface area contributed by atoms with Crippen LogP contribution in [0.15, 0.2) is 63.8 Å². The maximum Gasteiger partial charge on any atom is 0.343 e. The molecule has 6 nitrogen and oxygen atoms in total. The molecule has 1 aliphatic carbocycles. The van der Waals surface area contributed by atoms with Crippen LogP contribution in [0, 0.1) is 0 Å². The first-order chi connectivity index (χ1) is 16.5. The van der Waals surface area contributed by atoms with Crippen LogP contribution in [0.5, 0.6) is 5.75 Å². The number of H-pyrrole nitrogens is 1. The van der Waals surface area contributed by atoms with Crippen molar-refractivity contribution in [2.75, 3.05) is 6.54 Å². The predicted octanol–water partition coefficient (Wildman–Crippen LogP) is 4.56. The number of hydrogen-bond donors (Lipinski definition) is 3. The van der Waals surface area contributed by atoms with E-state index < -0.39 is 11.5 Å². The molecule has 0 fully saturated rings. The highest BCUT2D eigenvalue weighted by atomic mass is 16.4. The predicted molar refractivity (Wildman–Crippen MR) is 131 cm³/mol. The third kappa shape index (κ3) is 4.00. The lowest BCUT2D eigenvalue weighted by atomic mass is 9.84. The molecule has 0 bridgehead atoms. The molecule has 0 saturated heterocycles. The highest BCUT2D eigenvalue weighted by Crippen LogP contribution is 2.41. The van der Waals surface area contributed by atoms with Crippen molar-refractivity contribution in [3.63, 3.8) is 0 Å². The van der Waals surface area contributed by atoms with Gasteiger partial charge in [0.2, 0.25) is 5.91 Å². The first-order valence-corrected chi connectivity index (χ1v) is 11.8. The number of aromatic nitrogens is 1. The number of aromatic hydroxyl groups is 1. The Balaban J connectivity index is 1.75. The van der Waals surface area contributed by atoms with Gasteiger partial charge in [-0.3, -0.25) is 4.79 Å². The Kier molecular flexibility index (Phi) is 5.97. The zero-order chi connectivity index (χ0) is 23.7. The van der Waals surface area contributed by atoms with Gasteiger partial charge in [-0.25, -0.2) is 4.79 Å². The van der Waals surface area contributed by atoms with E-state index >= 15 is 0 Å². The van der Waals surface area contributed by atoms with Crippen molar-refractivity contribution in [2.45, 2.75) is 44.9 Å². The Bertz CT molecular complexity index is 1400. The average Bonchev–Trinajstić information content (AvgIpc) is 3.20. The van der Waals surface area contributed by atoms with Gasteiger partial charge in [0.25, 0.3) is 0 Å². The number of fused-ring (bicyclic) bond motifs is 2. The molecule has 0 spiro atoms. The molecule has 4 aromatic rings. The quantitative estimate of drug-likeness (QED) is 0.396. The highest BCUT2D eigenvalue weighted by Gasteiger charge is 2.32. The fraction of sp³-hybridized carbons (Fsp3) is 0.286. The molecule has 6 heteroatoms. The number of benzene rings is 2. The summed E-state index contributed by atoms with van der Waals surface area (Å²) in [6.45, 7) is 1.97. The van der Waals surface area contributed by atoms with Crippen LogP contribution >= 0.6 is 0 Å². The largest absolute Gasteiger partial charge is 0.507 e. The summed E-state index contributed by atoms with van der Waals surface area (Å²) >= 11 is 0. The number of nitrogens with one attached hydrogen (secondary N) is 2. The van der Waals surface area contributed by atoms with Crippen LogP contribution in [0.4, 0.5) is 0 Å². The van der Waals surface area contributed by atoms with Gasteiger partial charge in [0.15, 0.2) is 0 Å². The summed E-state index contributed by atoms with van der Waals surface area (Å²) in [6, 6.07) is 17.7. The van der Waals surface area contributed by atoms with Gasteiger partial charge in [0.05, 0.1) is 11.5 Å². The minimum atomic E-state index is -0.538. The van der Waals surface area contributed by atoms with Gasteiger partial charge in [-0.2, -0.15) is 0 Å². The van der Waals surface area contributed by atoms with Gasteiger partial charge in [-0.15, -0.1) is 0 Å². The molecule has 1 amide bonds. The monoisotopic (exact) mass is 456 g/mol. The van der Waals surface area contributed by atoms with Crippen LogP contribution in [0.25, 0.3) is 10.9 Å². The third-order valence-corrected chi connectivity index (χ3v) is 6.70. The number of amides is 1. The fourth-order valence-electron chi connectivity index (χ4n) is 5.14. The maximum absolute atomic E-state index is 13.3. The molecule has 1 unspecified atom stereocenters. The van der Waals surface area contributed by atoms with E-state index in [2.05, 4.69) is 10.3 Å². The van der Waals surface area contributed by atoms with Crippen LogP contribution in [-0.2, 0) is 24.1 Å². The number of carbonyl (C=O) groups excluding carboxylic acids is 1. The summed E-state index contributed by atoms with van der Waals surface area (Å²) in [5.74, 6) is 0.0245. The Morgan fingerprint density at radius 2 is 1.82 bits per heavy atom. The van der Waals surface area contributed by atoms with Crippen molar-refractivity contribution in [1.29, 1.82) is 0 Å². The van der Waals surface area contributed by atoms with Crippen molar-refractivity contribution in [3.8, 4) is 5.75 Å². The number of carbonyl (C=O) groups is 1. The second kappa shape index (κ2) is 9.21. The maximum atomic E-state index is 13.3. The van der Waals surface area contributed by atoms with Crippen molar-refractivity contribution < 1.29 is 14.3 Å². The van der Waals surface area contributed by atoms with E-state index in [-0.39, 0.29) is 17.2 Å². The molecule has 0 aliphatic heterocycles. The smallest absolute Gasteiger partial charge is 0.343 e. The number of aromatic amines is 1. The van der Waals surface area contributed by atoms with Gasteiger partial charge in [-0.05, 0) is 42.9 Å². The topological polar surface area (TPSA) is 95.3 Å². The van der Waals surface area contributed by atoms with Gasteiger partial charge in [0.1, 0.15) is 11.5 Å². The van der Waals surface area contributed by atoms with Crippen molar-refractivity contribution in [1.82, 2.24) is 10.3 Å². The molecular weight excluding hydrogens is 428 g/mol. The second-order valence-electron chi connectivity index (χ2n) is 8.90. The lowest BCUT2D eigenvalue weighted by Crippen LogP contribution is -2.23. The van der Waals surface area contributed by atoms with Crippen molar-refractivity contribution in [3.05, 3.63) is 98.7 Å². The van der Waals surface area contributed by atoms with E-state index in [0.717, 1.165) is 46.1 Å². The second-order valence-corrected chi connectivity index (χ2v) is 8.90. The fourth-order valence-corrected chi connectivity index (χ4v) is 5.14. The van der Waals surface area contributed by atoms with E-state index in [0.29, 0.717) is 31.6 Å². The van der Waals surface area contributed by atoms with Crippen LogP contribution in [0.1, 0.15) is 59.4 Å². The Morgan fingerprint density at radius 1 is 1.09 bits per heavy atom. The molecule has 3 N–H and O–H groups in total. The van der Waals surface area contributed by atoms with E-state index in [4.69, 9.17) is 4.42 Å². The SMILES string of the molecule is CC(=O)NCCc1c(C(c2ccccc2)c2c(O)c3c(oc2=O)CCCC3)[nH]c2ccccc12. The zero-order valence-corrected chi connectivity index (χ0v) is 19.2. The highest BCUT2D eigenvalue weighted by molar-refractivity contribution is 5.85. The minimum absolute atomic E-state index is 0.0475. The lowest BCUT2D eigenvalue weighted by molar-refractivity contribution is -0.118. The molecule has 174 valence electrons. The first-order valence-electron chi connectivity index (χ1n) is 11.8. The summed E-state index contributed by atoms with van der Waals surface area (Å²) < 4.78 is 5.78. The summed E-state index contributed by atoms with van der Waals surface area (Å²) in [5.41, 5.74) is 4.17. The van der Waals surface area contributed by atoms with E-state index in [1.165, 1.54) is 6.92 Å². The molecule has 1 atom stereocenters. The number of aryl methyl sites for hydroxylation is 1. The Morgan fingerprint density at radius 3 is 2.62 bits per heavy atom. The van der Waals surface area contributed by atoms with Crippen LogP contribution in [-0.4, -0.2) is 22.5 Å². The minimum Gasteiger partial charge on any atom is -0.507 e. The zero-order valence-electron chi connectivity index (χ0n) is 19.2. The van der Waals surface area contributed by atoms with Crippen LogP contribution in [0.2, 0.25) is 0 Å². The van der Waals surface area contributed by atoms with Gasteiger partial charge >= 0.3 is 5.63 Å². The van der Waals surface area contributed by atoms with Gasteiger partial charge in [0, 0.05) is 42.0 Å². The van der Waals surface area contributed by atoms with Crippen molar-refractivity contribution >= 4 is 16.8 Å². The molecule has 34 heavy (non-hydrogen) atoms. The summed E-state index contributed by atoms with van der Waals surface area (Å²) in [6.07, 6.45) is 3.86. The molecule has 5 rings (SSSR count). The molecule has 1 aliphatic rings. The number of rotatable bonds is 6. The van der Waals surface area contributed by atoms with E-state index in [9.17, 15) is 14.7 Å². The van der Waals surface area contributed by atoms with Crippen LogP contribution in [0.3, 0.4) is 0 Å². The molecule has 0 saturated carbocycles. The summed E-state index contributed by atoms with van der Waals surface area (Å²) in [5, 5.41) is 15.3. The summed E-state index contributed by atoms with van der Waals surface area (Å²) in [7, 11) is 0. The number of para-hydroxylation sites is 1. The third-order valence-electron chi connectivity index (χ3n) is 6.70. The van der Waals surface area contributed by atoms with Crippen LogP contribution < -0.4 is 10.9 Å². The molecular formula is C28H28N2O4. The Hall–Kier alpha value is -3.80. The molecule has 2 heterocycles. The normalized spacial score (nSPS) is 14.0. The standard InChI is InChI=1S/C28H28N2O4/c1-17(31)29-16-15-20-19-11-5-7-13-22(19)30-26(20)24(18-9-3-2-4-10-18)25-27(32)21-12-6-8-14-23(21)34-28(25)33/h2-5,7,9-11,13,24,30,32H,6,8,12,14-16H2,1H3,(H,29,31). The molecule has 2 aromatic heterocycles. The number of hydrogen-bond acceptors (Lipinski definition) is 4. The first kappa shape index (κ1) is 22.0. The summed E-state index contributed by atoms with van der Waals surface area (Å²) in [4.78, 5) is 28.4. The molecule has 0 radical (unpaired) electrons. The Labute approximate surface area is 197 Å². The van der Waals surface area contributed by atoms with Crippen molar-refractivity contribution in [2.24, 2.45) is 0 Å². The average molecular weight is 457 g/mol. The van der Waals surface area contributed by atoms with E-state index in [1.54, 1.807) is 0 Å². The van der Waals surface area contributed by atoms with E-state index in [1.807, 2.05) is 54.6 Å².